The minimum atomic E-state index is -0.268. The van der Waals surface area contributed by atoms with Crippen LogP contribution in [0, 0.1) is 6.92 Å². The average Bonchev–Trinajstić information content (AvgIpc) is 2.88. The molecule has 0 amide bonds. The molecule has 96 valence electrons. The van der Waals surface area contributed by atoms with E-state index in [0.29, 0.717) is 17.0 Å². The third-order valence-electron chi connectivity index (χ3n) is 3.48. The summed E-state index contributed by atoms with van der Waals surface area (Å²) in [6.07, 6.45) is 0.229. The number of aromatic nitrogens is 1. The van der Waals surface area contributed by atoms with Crippen molar-refractivity contribution in [2.45, 2.75) is 13.3 Å². The molecular formula is C15H13NO3. The quantitative estimate of drug-likeness (QED) is 0.609. The number of carbonyl (C=O) groups is 2. The molecule has 19 heavy (non-hydrogen) atoms. The molecule has 0 bridgehead atoms. The van der Waals surface area contributed by atoms with E-state index in [0.717, 1.165) is 11.3 Å². The Kier molecular flexibility index (Phi) is 2.52. The zero-order valence-electron chi connectivity index (χ0n) is 10.8. The van der Waals surface area contributed by atoms with Crippen LogP contribution < -0.4 is 4.74 Å². The molecule has 0 fully saturated rings. The number of hydrogen-bond acceptors (Lipinski definition) is 3. The number of nitrogens with zero attached hydrogens (tertiary/aromatic N) is 1. The minimum Gasteiger partial charge on any atom is -0.424 e. The molecule has 3 rings (SSSR count). The molecule has 0 saturated heterocycles. The Labute approximate surface area is 110 Å². The van der Waals surface area contributed by atoms with Crippen LogP contribution in [0.4, 0.5) is 0 Å². The molecule has 1 aliphatic rings. The predicted molar refractivity (Wildman–Crippen MR) is 69.4 cm³/mol. The van der Waals surface area contributed by atoms with Crippen molar-refractivity contribution in [2.24, 2.45) is 7.05 Å². The predicted octanol–water partition coefficient (Wildman–Crippen LogP) is 2.03. The molecular weight excluding hydrogens is 242 g/mol. The summed E-state index contributed by atoms with van der Waals surface area (Å²) in [6.45, 7) is 1.91. The van der Waals surface area contributed by atoms with Gasteiger partial charge in [0.1, 0.15) is 0 Å². The highest BCUT2D eigenvalue weighted by Gasteiger charge is 2.28. The SMILES string of the molecule is Cc1ccccc1C(=O)c1cc2c(n1C)CC(=O)O2. The van der Waals surface area contributed by atoms with Gasteiger partial charge in [0.05, 0.1) is 17.8 Å². The lowest BCUT2D eigenvalue weighted by Gasteiger charge is -2.06. The molecule has 2 aromatic rings. The molecule has 1 aromatic heterocycles. The molecule has 0 N–H and O–H groups in total. The Morgan fingerprint density at radius 3 is 2.74 bits per heavy atom. The standard InChI is InChI=1S/C15H13NO3/c1-9-5-3-4-6-10(9)15(18)12-7-13-11(16(12)2)8-14(17)19-13/h3-7H,8H2,1-2H3. The summed E-state index contributed by atoms with van der Waals surface area (Å²) in [7, 11) is 1.78. The van der Waals surface area contributed by atoms with E-state index in [1.807, 2.05) is 31.2 Å². The van der Waals surface area contributed by atoms with Gasteiger partial charge >= 0.3 is 5.97 Å². The van der Waals surface area contributed by atoms with Crippen LogP contribution >= 0.6 is 0 Å². The van der Waals surface area contributed by atoms with E-state index < -0.39 is 0 Å². The van der Waals surface area contributed by atoms with Crippen molar-refractivity contribution in [2.75, 3.05) is 0 Å². The van der Waals surface area contributed by atoms with Crippen molar-refractivity contribution in [3.63, 3.8) is 0 Å². The Bertz CT molecular complexity index is 697. The lowest BCUT2D eigenvalue weighted by atomic mass is 10.0. The first-order valence-corrected chi connectivity index (χ1v) is 6.07. The number of esters is 1. The van der Waals surface area contributed by atoms with Gasteiger partial charge < -0.3 is 9.30 Å². The third kappa shape index (κ3) is 1.76. The average molecular weight is 255 g/mol. The molecule has 1 aromatic carbocycles. The minimum absolute atomic E-state index is 0.0500. The van der Waals surface area contributed by atoms with Gasteiger partial charge in [-0.3, -0.25) is 9.59 Å². The highest BCUT2D eigenvalue weighted by atomic mass is 16.5. The van der Waals surface area contributed by atoms with Crippen molar-refractivity contribution in [3.8, 4) is 5.75 Å². The number of aryl methyl sites for hydroxylation is 1. The second-order valence-corrected chi connectivity index (χ2v) is 4.69. The van der Waals surface area contributed by atoms with Gasteiger partial charge in [-0.25, -0.2) is 0 Å². The van der Waals surface area contributed by atoms with E-state index >= 15 is 0 Å². The fraction of sp³-hybridized carbons (Fsp3) is 0.200. The third-order valence-corrected chi connectivity index (χ3v) is 3.48. The Morgan fingerprint density at radius 1 is 1.32 bits per heavy atom. The van der Waals surface area contributed by atoms with E-state index in [4.69, 9.17) is 4.74 Å². The van der Waals surface area contributed by atoms with Crippen molar-refractivity contribution < 1.29 is 14.3 Å². The highest BCUT2D eigenvalue weighted by molar-refractivity contribution is 6.09. The molecule has 4 heteroatoms. The van der Waals surface area contributed by atoms with E-state index in [-0.39, 0.29) is 18.2 Å². The van der Waals surface area contributed by atoms with Crippen LogP contribution in [0.25, 0.3) is 0 Å². The van der Waals surface area contributed by atoms with Crippen molar-refractivity contribution >= 4 is 11.8 Å². The second-order valence-electron chi connectivity index (χ2n) is 4.69. The summed E-state index contributed by atoms with van der Waals surface area (Å²) in [5, 5.41) is 0. The maximum absolute atomic E-state index is 12.5. The van der Waals surface area contributed by atoms with Gasteiger partial charge in [0, 0.05) is 18.7 Å². The summed E-state index contributed by atoms with van der Waals surface area (Å²) in [4.78, 5) is 23.7. The second kappa shape index (κ2) is 4.09. The first-order chi connectivity index (χ1) is 9.08. The first-order valence-electron chi connectivity index (χ1n) is 6.07. The number of rotatable bonds is 2. The normalized spacial score (nSPS) is 13.3. The smallest absolute Gasteiger partial charge is 0.317 e. The van der Waals surface area contributed by atoms with Gasteiger partial charge in [0.2, 0.25) is 5.78 Å². The summed E-state index contributed by atoms with van der Waals surface area (Å²) in [6, 6.07) is 9.11. The summed E-state index contributed by atoms with van der Waals surface area (Å²) in [5.41, 5.74) is 2.92. The Balaban J connectivity index is 2.05. The van der Waals surface area contributed by atoms with Crippen molar-refractivity contribution in [3.05, 3.63) is 52.8 Å². The molecule has 0 radical (unpaired) electrons. The fourth-order valence-electron chi connectivity index (χ4n) is 2.39. The number of ketones is 1. The molecule has 0 saturated carbocycles. The maximum atomic E-state index is 12.5. The molecule has 2 heterocycles. The van der Waals surface area contributed by atoms with Crippen LogP contribution in [0.5, 0.6) is 5.75 Å². The van der Waals surface area contributed by atoms with Gasteiger partial charge in [-0.2, -0.15) is 0 Å². The van der Waals surface area contributed by atoms with Crippen LogP contribution in [0.1, 0.15) is 27.3 Å². The fourth-order valence-corrected chi connectivity index (χ4v) is 2.39. The number of benzene rings is 1. The first kappa shape index (κ1) is 11.7. The molecule has 1 aliphatic heterocycles. The van der Waals surface area contributed by atoms with Crippen LogP contribution in [-0.2, 0) is 18.3 Å². The van der Waals surface area contributed by atoms with Gasteiger partial charge in [0.15, 0.2) is 5.75 Å². The van der Waals surface area contributed by atoms with E-state index in [9.17, 15) is 9.59 Å². The zero-order valence-corrected chi connectivity index (χ0v) is 10.8. The van der Waals surface area contributed by atoms with E-state index in [1.165, 1.54) is 0 Å². The molecule has 0 atom stereocenters. The zero-order chi connectivity index (χ0) is 13.6. The number of fused-ring (bicyclic) bond motifs is 1. The summed E-state index contributed by atoms with van der Waals surface area (Å²) < 4.78 is 6.82. The van der Waals surface area contributed by atoms with Crippen LogP contribution in [-0.4, -0.2) is 16.3 Å². The largest absolute Gasteiger partial charge is 0.424 e. The lowest BCUT2D eigenvalue weighted by molar-refractivity contribution is -0.131. The van der Waals surface area contributed by atoms with Gasteiger partial charge in [-0.1, -0.05) is 24.3 Å². The topological polar surface area (TPSA) is 48.3 Å². The van der Waals surface area contributed by atoms with E-state index in [1.54, 1.807) is 17.7 Å². The summed E-state index contributed by atoms with van der Waals surface area (Å²) >= 11 is 0. The van der Waals surface area contributed by atoms with Gasteiger partial charge in [-0.15, -0.1) is 0 Å². The number of ether oxygens (including phenoxy) is 1. The van der Waals surface area contributed by atoms with E-state index in [2.05, 4.69) is 0 Å². The molecule has 0 unspecified atom stereocenters. The Hall–Kier alpha value is -2.36. The van der Waals surface area contributed by atoms with Crippen molar-refractivity contribution in [1.82, 2.24) is 4.57 Å². The maximum Gasteiger partial charge on any atom is 0.317 e. The van der Waals surface area contributed by atoms with Crippen molar-refractivity contribution in [1.29, 1.82) is 0 Å². The number of hydrogen-bond donors (Lipinski definition) is 0. The monoisotopic (exact) mass is 255 g/mol. The molecule has 0 spiro atoms. The van der Waals surface area contributed by atoms with Crippen LogP contribution in [0.15, 0.2) is 30.3 Å². The van der Waals surface area contributed by atoms with Gasteiger partial charge in [-0.05, 0) is 12.5 Å². The van der Waals surface area contributed by atoms with Crippen LogP contribution in [0.3, 0.4) is 0 Å². The lowest BCUT2D eigenvalue weighted by Crippen LogP contribution is -2.12. The number of carbonyl (C=O) groups excluding carboxylic acids is 2. The summed E-state index contributed by atoms with van der Waals surface area (Å²) in [5.74, 6) is 0.186. The van der Waals surface area contributed by atoms with Gasteiger partial charge in [0.25, 0.3) is 0 Å². The molecule has 4 nitrogen and oxygen atoms in total. The Morgan fingerprint density at radius 2 is 2.05 bits per heavy atom. The molecule has 0 aliphatic carbocycles. The highest BCUT2D eigenvalue weighted by Crippen LogP contribution is 2.30. The van der Waals surface area contributed by atoms with Crippen LogP contribution in [0.2, 0.25) is 0 Å².